The Kier molecular flexibility index (Phi) is 5.89. The highest BCUT2D eigenvalue weighted by Gasteiger charge is 2.07. The minimum atomic E-state index is -0.184. The average molecular weight is 363 g/mol. The summed E-state index contributed by atoms with van der Waals surface area (Å²) in [5.74, 6) is 1.38. The molecule has 0 aliphatic heterocycles. The van der Waals surface area contributed by atoms with Crippen LogP contribution in [-0.2, 0) is 6.54 Å². The van der Waals surface area contributed by atoms with Crippen molar-refractivity contribution < 1.29 is 14.3 Å². The van der Waals surface area contributed by atoms with Crippen LogP contribution in [0.5, 0.6) is 11.5 Å². The third-order valence-corrected chi connectivity index (χ3v) is 3.99. The first-order valence-corrected chi connectivity index (χ1v) is 8.45. The first kappa shape index (κ1) is 18.3. The van der Waals surface area contributed by atoms with Gasteiger partial charge in [-0.3, -0.25) is 9.78 Å². The number of rotatable bonds is 7. The molecule has 1 aromatic heterocycles. The molecule has 2 aromatic carbocycles. The van der Waals surface area contributed by atoms with Crippen molar-refractivity contribution in [3.05, 3.63) is 78.1 Å². The van der Waals surface area contributed by atoms with Gasteiger partial charge in [0.25, 0.3) is 5.91 Å². The topological polar surface area (TPSA) is 72.5 Å². The average Bonchev–Trinajstić information content (AvgIpc) is 2.73. The Labute approximate surface area is 158 Å². The molecule has 0 spiro atoms. The van der Waals surface area contributed by atoms with Gasteiger partial charge in [0.1, 0.15) is 11.5 Å². The van der Waals surface area contributed by atoms with Crippen LogP contribution in [0.25, 0.3) is 0 Å². The normalized spacial score (nSPS) is 10.1. The molecule has 0 saturated heterocycles. The molecule has 0 aliphatic rings. The molecule has 27 heavy (non-hydrogen) atoms. The van der Waals surface area contributed by atoms with Crippen LogP contribution in [0, 0.1) is 0 Å². The number of nitrogens with zero attached hydrogens (tertiary/aromatic N) is 1. The van der Waals surface area contributed by atoms with Crippen molar-refractivity contribution in [2.75, 3.05) is 19.5 Å². The summed E-state index contributed by atoms with van der Waals surface area (Å²) < 4.78 is 10.3. The van der Waals surface area contributed by atoms with Gasteiger partial charge in [-0.25, -0.2) is 0 Å². The fourth-order valence-corrected chi connectivity index (χ4v) is 2.50. The smallest absolute Gasteiger partial charge is 0.253 e. The van der Waals surface area contributed by atoms with E-state index in [0.29, 0.717) is 12.1 Å². The molecule has 0 bridgehead atoms. The lowest BCUT2D eigenvalue weighted by Gasteiger charge is -2.09. The highest BCUT2D eigenvalue weighted by Crippen LogP contribution is 2.20. The third-order valence-electron chi connectivity index (χ3n) is 3.99. The van der Waals surface area contributed by atoms with Crippen LogP contribution in [0.3, 0.4) is 0 Å². The minimum Gasteiger partial charge on any atom is -0.497 e. The fourth-order valence-electron chi connectivity index (χ4n) is 2.50. The first-order valence-electron chi connectivity index (χ1n) is 8.45. The Morgan fingerprint density at radius 3 is 2.15 bits per heavy atom. The van der Waals surface area contributed by atoms with Gasteiger partial charge in [0.05, 0.1) is 31.7 Å². The fraction of sp³-hybridized carbons (Fsp3) is 0.143. The zero-order chi connectivity index (χ0) is 19.1. The summed E-state index contributed by atoms with van der Waals surface area (Å²) in [5, 5.41) is 6.12. The highest BCUT2D eigenvalue weighted by atomic mass is 16.5. The molecule has 0 aliphatic carbocycles. The van der Waals surface area contributed by atoms with Crippen molar-refractivity contribution >= 4 is 17.3 Å². The number of carbonyl (C=O) groups is 1. The van der Waals surface area contributed by atoms with E-state index < -0.39 is 0 Å². The van der Waals surface area contributed by atoms with Gasteiger partial charge in [-0.1, -0.05) is 12.1 Å². The molecule has 1 amide bonds. The lowest BCUT2D eigenvalue weighted by molar-refractivity contribution is 0.0950. The molecule has 3 aromatic rings. The summed E-state index contributed by atoms with van der Waals surface area (Å²) in [5.41, 5.74) is 3.09. The van der Waals surface area contributed by atoms with Crippen molar-refractivity contribution in [2.45, 2.75) is 6.54 Å². The van der Waals surface area contributed by atoms with Crippen molar-refractivity contribution in [1.82, 2.24) is 10.3 Å². The number of hydrogen-bond donors (Lipinski definition) is 2. The van der Waals surface area contributed by atoms with Crippen LogP contribution in [0.1, 0.15) is 15.9 Å². The first-order chi connectivity index (χ1) is 13.2. The van der Waals surface area contributed by atoms with Crippen LogP contribution in [0.15, 0.2) is 67.0 Å². The van der Waals surface area contributed by atoms with Crippen LogP contribution in [0.4, 0.5) is 11.4 Å². The van der Waals surface area contributed by atoms with Gasteiger partial charge in [-0.05, 0) is 48.0 Å². The number of methoxy groups -OCH3 is 2. The van der Waals surface area contributed by atoms with Crippen molar-refractivity contribution in [3.8, 4) is 11.5 Å². The number of anilines is 2. The van der Waals surface area contributed by atoms with Crippen LogP contribution >= 0.6 is 0 Å². The molecule has 6 heteroatoms. The largest absolute Gasteiger partial charge is 0.497 e. The van der Waals surface area contributed by atoms with Gasteiger partial charge in [0, 0.05) is 18.4 Å². The van der Waals surface area contributed by atoms with E-state index >= 15 is 0 Å². The maximum absolute atomic E-state index is 12.4. The zero-order valence-electron chi connectivity index (χ0n) is 15.2. The van der Waals surface area contributed by atoms with E-state index in [1.807, 2.05) is 48.5 Å². The van der Waals surface area contributed by atoms with Gasteiger partial charge < -0.3 is 20.1 Å². The monoisotopic (exact) mass is 363 g/mol. The Bertz CT molecular complexity index is 893. The lowest BCUT2D eigenvalue weighted by atomic mass is 10.2. The van der Waals surface area contributed by atoms with E-state index in [-0.39, 0.29) is 5.91 Å². The number of pyridine rings is 1. The second-order valence-corrected chi connectivity index (χ2v) is 5.85. The van der Waals surface area contributed by atoms with Gasteiger partial charge in [0.2, 0.25) is 0 Å². The van der Waals surface area contributed by atoms with Crippen LogP contribution in [-0.4, -0.2) is 25.1 Å². The lowest BCUT2D eigenvalue weighted by Crippen LogP contribution is -2.23. The van der Waals surface area contributed by atoms with E-state index in [1.165, 1.54) is 0 Å². The van der Waals surface area contributed by atoms with E-state index in [4.69, 9.17) is 9.47 Å². The maximum Gasteiger partial charge on any atom is 0.253 e. The SMILES string of the molecule is COc1ccc(CNC(=O)c2cncc(Nc3ccc(OC)cc3)c2)cc1. The molecule has 0 atom stereocenters. The number of amides is 1. The molecular weight excluding hydrogens is 342 g/mol. The van der Waals surface area contributed by atoms with Gasteiger partial charge in [-0.2, -0.15) is 0 Å². The molecular formula is C21H21N3O3. The Hall–Kier alpha value is -3.54. The second kappa shape index (κ2) is 8.71. The predicted molar refractivity (Wildman–Crippen MR) is 105 cm³/mol. The molecule has 0 unspecified atom stereocenters. The molecule has 0 fully saturated rings. The molecule has 2 N–H and O–H groups in total. The van der Waals surface area contributed by atoms with E-state index in [2.05, 4.69) is 15.6 Å². The number of benzene rings is 2. The van der Waals surface area contributed by atoms with Gasteiger partial charge in [0.15, 0.2) is 0 Å². The molecule has 0 radical (unpaired) electrons. The molecule has 138 valence electrons. The van der Waals surface area contributed by atoms with Crippen molar-refractivity contribution in [2.24, 2.45) is 0 Å². The summed E-state index contributed by atoms with van der Waals surface area (Å²) in [6.07, 6.45) is 3.22. The van der Waals surface area contributed by atoms with Gasteiger partial charge >= 0.3 is 0 Å². The maximum atomic E-state index is 12.4. The summed E-state index contributed by atoms with van der Waals surface area (Å²) in [4.78, 5) is 16.6. The summed E-state index contributed by atoms with van der Waals surface area (Å²) >= 11 is 0. The van der Waals surface area contributed by atoms with Crippen molar-refractivity contribution in [3.63, 3.8) is 0 Å². The van der Waals surface area contributed by atoms with Crippen molar-refractivity contribution in [1.29, 1.82) is 0 Å². The number of ether oxygens (including phenoxy) is 2. The number of hydrogen-bond acceptors (Lipinski definition) is 5. The van der Waals surface area contributed by atoms with Crippen LogP contribution in [0.2, 0.25) is 0 Å². The minimum absolute atomic E-state index is 0.184. The summed E-state index contributed by atoms with van der Waals surface area (Å²) in [7, 11) is 3.25. The number of carbonyl (C=O) groups excluding carboxylic acids is 1. The number of aromatic nitrogens is 1. The van der Waals surface area contributed by atoms with Crippen LogP contribution < -0.4 is 20.1 Å². The Balaban J connectivity index is 1.62. The third kappa shape index (κ3) is 4.98. The number of nitrogens with one attached hydrogen (secondary N) is 2. The highest BCUT2D eigenvalue weighted by molar-refractivity contribution is 5.94. The second-order valence-electron chi connectivity index (χ2n) is 5.85. The van der Waals surface area contributed by atoms with E-state index in [9.17, 15) is 4.79 Å². The molecule has 0 saturated carbocycles. The molecule has 1 heterocycles. The Morgan fingerprint density at radius 1 is 0.889 bits per heavy atom. The van der Waals surface area contributed by atoms with E-state index in [0.717, 1.165) is 28.4 Å². The molecule has 6 nitrogen and oxygen atoms in total. The van der Waals surface area contributed by atoms with E-state index in [1.54, 1.807) is 32.7 Å². The Morgan fingerprint density at radius 2 is 1.52 bits per heavy atom. The standard InChI is InChI=1S/C21H21N3O3/c1-26-19-7-3-15(4-8-19)12-23-21(25)16-11-18(14-22-13-16)24-17-5-9-20(27-2)10-6-17/h3-11,13-14,24H,12H2,1-2H3,(H,23,25). The molecule has 3 rings (SSSR count). The summed E-state index contributed by atoms with van der Waals surface area (Å²) in [6.45, 7) is 0.430. The zero-order valence-corrected chi connectivity index (χ0v) is 15.2. The quantitative estimate of drug-likeness (QED) is 0.668. The predicted octanol–water partition coefficient (Wildman–Crippen LogP) is 3.77. The van der Waals surface area contributed by atoms with Gasteiger partial charge in [-0.15, -0.1) is 0 Å². The summed E-state index contributed by atoms with van der Waals surface area (Å²) in [6, 6.07) is 16.8.